The maximum Gasteiger partial charge on any atom is 0.0726 e. The lowest BCUT2D eigenvalue weighted by Gasteiger charge is -2.36. The van der Waals surface area contributed by atoms with Crippen molar-refractivity contribution in [3.8, 4) is 16.9 Å². The number of nitrogens with zero attached hydrogens (tertiary/aromatic N) is 3. The first-order valence-electron chi connectivity index (χ1n) is 22.6. The van der Waals surface area contributed by atoms with E-state index in [-0.39, 0.29) is 12.0 Å². The molecule has 0 fully saturated rings. The fourth-order valence-electron chi connectivity index (χ4n) is 10.9. The molecule has 12 rings (SSSR count). The molecule has 6 aromatic rings. The van der Waals surface area contributed by atoms with Crippen molar-refractivity contribution in [2.45, 2.75) is 56.9 Å². The van der Waals surface area contributed by atoms with Crippen LogP contribution >= 0.6 is 0 Å². The van der Waals surface area contributed by atoms with E-state index in [0.717, 1.165) is 67.6 Å². The third-order valence-corrected chi connectivity index (χ3v) is 13.9. The summed E-state index contributed by atoms with van der Waals surface area (Å²) in [6, 6.07) is 42.6. The fourth-order valence-corrected chi connectivity index (χ4v) is 10.9. The van der Waals surface area contributed by atoms with Crippen molar-refractivity contribution in [2.24, 2.45) is 5.92 Å². The molecule has 3 heterocycles. The average Bonchev–Trinajstić information content (AvgIpc) is 3.87. The fraction of sp³-hybridized carbons (Fsp3) is 0.169. The highest BCUT2D eigenvalue weighted by Crippen LogP contribution is 2.51. The van der Waals surface area contributed by atoms with Crippen molar-refractivity contribution in [2.75, 3.05) is 0 Å². The molecule has 3 heteroatoms. The number of aromatic nitrogens is 2. The summed E-state index contributed by atoms with van der Waals surface area (Å²) >= 11 is 0. The zero-order chi connectivity index (χ0) is 41.0. The summed E-state index contributed by atoms with van der Waals surface area (Å²) in [6.07, 6.45) is 38.1. The third-order valence-electron chi connectivity index (χ3n) is 13.9. The van der Waals surface area contributed by atoms with Gasteiger partial charge in [0.25, 0.3) is 0 Å². The van der Waals surface area contributed by atoms with Crippen LogP contribution in [0.3, 0.4) is 0 Å². The van der Waals surface area contributed by atoms with Gasteiger partial charge in [-0.25, -0.2) is 0 Å². The zero-order valence-electron chi connectivity index (χ0n) is 35.0. The van der Waals surface area contributed by atoms with Gasteiger partial charge in [0.15, 0.2) is 0 Å². The molecule has 5 aliphatic carbocycles. The number of hydrogen-bond acceptors (Lipinski definition) is 2. The lowest BCUT2D eigenvalue weighted by molar-refractivity contribution is 0.364. The van der Waals surface area contributed by atoms with Gasteiger partial charge in [-0.2, -0.15) is 0 Å². The van der Waals surface area contributed by atoms with Gasteiger partial charge < -0.3 is 9.47 Å². The Morgan fingerprint density at radius 2 is 1.44 bits per heavy atom. The predicted molar refractivity (Wildman–Crippen MR) is 258 cm³/mol. The molecular weight excluding hydrogens is 751 g/mol. The highest BCUT2D eigenvalue weighted by atomic mass is 15.2. The summed E-state index contributed by atoms with van der Waals surface area (Å²) in [5.41, 5.74) is 19.5. The molecule has 4 aromatic carbocycles. The van der Waals surface area contributed by atoms with E-state index in [1.165, 1.54) is 66.6 Å². The van der Waals surface area contributed by atoms with Crippen LogP contribution in [0.15, 0.2) is 222 Å². The molecule has 2 aromatic heterocycles. The van der Waals surface area contributed by atoms with Gasteiger partial charge in [-0.05, 0) is 126 Å². The Bertz CT molecular complexity index is 3100. The Morgan fingerprint density at radius 3 is 2.27 bits per heavy atom. The topological polar surface area (TPSA) is 21.1 Å². The summed E-state index contributed by atoms with van der Waals surface area (Å²) in [4.78, 5) is 7.99. The molecule has 6 aliphatic rings. The molecule has 0 N–H and O–H groups in total. The molecule has 300 valence electrons. The van der Waals surface area contributed by atoms with Gasteiger partial charge in [0.1, 0.15) is 0 Å². The van der Waals surface area contributed by atoms with E-state index in [1.807, 2.05) is 0 Å². The van der Waals surface area contributed by atoms with E-state index in [9.17, 15) is 0 Å². The van der Waals surface area contributed by atoms with Crippen molar-refractivity contribution >= 4 is 33.0 Å². The standard InChI is InChI=1S/C59H49N3/c1-5-17-40(18-6-1)46-33-47(41-19-7-2-8-20-41)35-48(34-46)61-56-27-15-13-25-50(56)52-36-44(29-31-58(52)61)45-30-32-59-53(37-45)51-26-14-16-28-57(51)62(59)49-38-54(42-21-9-3-10-22-42)60-55(39-49)43-23-11-4-12-24-43/h1,3-7,9-12,14-23,26-34,37-39,43,48,52H,2,8,13,24-25,35-36H2. The number of rotatable bonds is 7. The first-order chi connectivity index (χ1) is 30.7. The van der Waals surface area contributed by atoms with Gasteiger partial charge in [0.2, 0.25) is 0 Å². The van der Waals surface area contributed by atoms with Gasteiger partial charge in [-0.3, -0.25) is 4.98 Å². The third kappa shape index (κ3) is 6.46. The van der Waals surface area contributed by atoms with Crippen LogP contribution in [-0.2, 0) is 0 Å². The Labute approximate surface area is 364 Å². The Hall–Kier alpha value is -6.97. The van der Waals surface area contributed by atoms with Crippen molar-refractivity contribution in [1.29, 1.82) is 0 Å². The van der Waals surface area contributed by atoms with Crippen molar-refractivity contribution in [1.82, 2.24) is 14.5 Å². The van der Waals surface area contributed by atoms with Crippen molar-refractivity contribution < 1.29 is 0 Å². The van der Waals surface area contributed by atoms with Crippen molar-refractivity contribution in [3.05, 3.63) is 239 Å². The van der Waals surface area contributed by atoms with E-state index in [2.05, 4.69) is 204 Å². The first-order valence-corrected chi connectivity index (χ1v) is 22.6. The van der Waals surface area contributed by atoms with E-state index in [1.54, 1.807) is 5.57 Å². The Kier molecular flexibility index (Phi) is 9.21. The van der Waals surface area contributed by atoms with Crippen LogP contribution in [0.2, 0.25) is 0 Å². The smallest absolute Gasteiger partial charge is 0.0726 e. The van der Waals surface area contributed by atoms with Crippen LogP contribution in [0.5, 0.6) is 0 Å². The second kappa shape index (κ2) is 15.5. The molecule has 0 radical (unpaired) electrons. The number of hydrogen-bond donors (Lipinski definition) is 0. The highest BCUT2D eigenvalue weighted by molar-refractivity contribution is 6.10. The monoisotopic (exact) mass is 799 g/mol. The number of benzene rings is 4. The van der Waals surface area contributed by atoms with Crippen LogP contribution in [0.1, 0.15) is 67.7 Å². The molecule has 0 saturated heterocycles. The van der Waals surface area contributed by atoms with E-state index in [4.69, 9.17) is 4.98 Å². The largest absolute Gasteiger partial charge is 0.337 e. The van der Waals surface area contributed by atoms with Crippen LogP contribution in [0, 0.1) is 5.92 Å². The van der Waals surface area contributed by atoms with Gasteiger partial charge in [-0.15, -0.1) is 0 Å². The van der Waals surface area contributed by atoms with Crippen LogP contribution in [0.4, 0.5) is 0 Å². The van der Waals surface area contributed by atoms with Crippen LogP contribution in [0.25, 0.3) is 49.9 Å². The lowest BCUT2D eigenvalue weighted by atomic mass is 9.81. The molecule has 0 bridgehead atoms. The minimum atomic E-state index is 0.240. The summed E-state index contributed by atoms with van der Waals surface area (Å²) in [6.45, 7) is 0. The summed E-state index contributed by atoms with van der Waals surface area (Å²) in [5, 5.41) is 2.56. The highest BCUT2D eigenvalue weighted by Gasteiger charge is 2.41. The molecule has 0 amide bonds. The predicted octanol–water partition coefficient (Wildman–Crippen LogP) is 14.7. The van der Waals surface area contributed by atoms with E-state index >= 15 is 0 Å². The van der Waals surface area contributed by atoms with Crippen molar-refractivity contribution in [3.63, 3.8) is 0 Å². The number of allylic oxidation sites excluding steroid dienone is 16. The Morgan fingerprint density at radius 1 is 0.613 bits per heavy atom. The molecule has 3 atom stereocenters. The number of fused-ring (bicyclic) bond motifs is 5. The van der Waals surface area contributed by atoms with E-state index in [0.29, 0.717) is 5.92 Å². The van der Waals surface area contributed by atoms with E-state index < -0.39 is 0 Å². The summed E-state index contributed by atoms with van der Waals surface area (Å²) < 4.78 is 2.46. The normalized spacial score (nSPS) is 21.7. The zero-order valence-corrected chi connectivity index (χ0v) is 35.0. The van der Waals surface area contributed by atoms with Gasteiger partial charge >= 0.3 is 0 Å². The average molecular weight is 800 g/mol. The number of para-hydroxylation sites is 1. The minimum Gasteiger partial charge on any atom is -0.337 e. The van der Waals surface area contributed by atoms with Gasteiger partial charge in [0.05, 0.1) is 34.2 Å². The molecule has 3 nitrogen and oxygen atoms in total. The molecule has 1 aliphatic heterocycles. The van der Waals surface area contributed by atoms with Gasteiger partial charge in [-0.1, -0.05) is 152 Å². The molecule has 0 saturated carbocycles. The maximum absolute atomic E-state index is 5.27. The molecule has 0 spiro atoms. The van der Waals surface area contributed by atoms with Crippen LogP contribution < -0.4 is 0 Å². The second-order valence-electron chi connectivity index (χ2n) is 17.6. The quantitative estimate of drug-likeness (QED) is 0.160. The SMILES string of the molecule is C1=CCC(c2cc(-n3c4ccccc4c4cc(C5=CC=C6C(C5)C5=C(C=CCC5)N6C5C=C(c6ccccc6)C=C(C6=CCCC=C6)C5)ccc43)cc(-c3ccccc3)n2)C=C1. The molecule has 62 heavy (non-hydrogen) atoms. The van der Waals surface area contributed by atoms with Gasteiger partial charge in [0, 0.05) is 39.6 Å². The summed E-state index contributed by atoms with van der Waals surface area (Å²) in [5.74, 6) is 0.615. The molecule has 3 unspecified atom stereocenters. The van der Waals surface area contributed by atoms with Crippen LogP contribution in [-0.4, -0.2) is 20.5 Å². The molecular formula is C59H49N3. The minimum absolute atomic E-state index is 0.240. The maximum atomic E-state index is 5.27. The number of pyridine rings is 1. The second-order valence-corrected chi connectivity index (χ2v) is 17.6. The lowest BCUT2D eigenvalue weighted by Crippen LogP contribution is -2.33. The summed E-state index contributed by atoms with van der Waals surface area (Å²) in [7, 11) is 0. The Balaban J connectivity index is 0.943. The first kappa shape index (κ1) is 36.8.